The second-order valence-electron chi connectivity index (χ2n) is 6.18. The van der Waals surface area contributed by atoms with Crippen LogP contribution in [0.1, 0.15) is 73.1 Å². The largest absolute Gasteiger partial charge is 0.367 e. The fraction of sp³-hybridized carbons (Fsp3) is 0.765. The summed E-state index contributed by atoms with van der Waals surface area (Å²) >= 11 is 0. The van der Waals surface area contributed by atoms with Crippen LogP contribution in [0.4, 0.5) is 0 Å². The first-order valence-corrected chi connectivity index (χ1v) is 7.44. The van der Waals surface area contributed by atoms with Crippen molar-refractivity contribution in [1.29, 1.82) is 0 Å². The summed E-state index contributed by atoms with van der Waals surface area (Å²) < 4.78 is 5.61. The zero-order valence-electron chi connectivity index (χ0n) is 12.9. The Bertz CT molecular complexity index is 310. The van der Waals surface area contributed by atoms with Gasteiger partial charge < -0.3 is 4.74 Å². The van der Waals surface area contributed by atoms with E-state index in [1.54, 1.807) is 0 Å². The molecule has 0 radical (unpaired) electrons. The fourth-order valence-electron chi connectivity index (χ4n) is 2.24. The van der Waals surface area contributed by atoms with Crippen LogP contribution < -0.4 is 0 Å². The van der Waals surface area contributed by atoms with Crippen molar-refractivity contribution in [2.75, 3.05) is 0 Å². The van der Waals surface area contributed by atoms with Crippen LogP contribution in [0, 0.1) is 0 Å². The average Bonchev–Trinajstić information content (AvgIpc) is 2.92. The van der Waals surface area contributed by atoms with Crippen molar-refractivity contribution < 1.29 is 4.74 Å². The molecule has 0 amide bonds. The molecule has 1 unspecified atom stereocenters. The molecule has 0 N–H and O–H groups in total. The Hall–Kier alpha value is -0.560. The summed E-state index contributed by atoms with van der Waals surface area (Å²) in [7, 11) is 0. The van der Waals surface area contributed by atoms with Gasteiger partial charge in [0, 0.05) is 0 Å². The molecule has 1 rings (SSSR count). The van der Waals surface area contributed by atoms with Crippen LogP contribution in [0.15, 0.2) is 23.3 Å². The van der Waals surface area contributed by atoms with Crippen molar-refractivity contribution in [2.45, 2.75) is 84.8 Å². The van der Waals surface area contributed by atoms with E-state index in [0.29, 0.717) is 6.10 Å². The van der Waals surface area contributed by atoms with Crippen LogP contribution in [-0.4, -0.2) is 11.7 Å². The van der Waals surface area contributed by atoms with Gasteiger partial charge in [-0.3, -0.25) is 0 Å². The van der Waals surface area contributed by atoms with Crippen LogP contribution in [0.5, 0.6) is 0 Å². The Kier molecular flexibility index (Phi) is 6.14. The quantitative estimate of drug-likeness (QED) is 0.414. The van der Waals surface area contributed by atoms with Crippen LogP contribution in [0.25, 0.3) is 0 Å². The number of ether oxygens (including phenoxy) is 1. The molecule has 1 heterocycles. The third kappa shape index (κ3) is 5.86. The number of unbranched alkanes of at least 4 members (excludes halogenated alkanes) is 1. The Labute approximate surface area is 113 Å². The van der Waals surface area contributed by atoms with Gasteiger partial charge in [-0.05, 0) is 59.8 Å². The topological polar surface area (TPSA) is 12.5 Å². The van der Waals surface area contributed by atoms with Crippen molar-refractivity contribution in [3.05, 3.63) is 23.3 Å². The molecule has 104 valence electrons. The van der Waals surface area contributed by atoms with Crippen molar-refractivity contribution in [3.8, 4) is 0 Å². The lowest BCUT2D eigenvalue weighted by Gasteiger charge is -2.02. The minimum Gasteiger partial charge on any atom is -0.367 e. The number of allylic oxidation sites excluding steroid dienone is 4. The highest BCUT2D eigenvalue weighted by atomic mass is 16.6. The molecule has 1 heteroatoms. The Balaban J connectivity index is 2.14. The minimum absolute atomic E-state index is 0.153. The lowest BCUT2D eigenvalue weighted by molar-refractivity contribution is 0.320. The Morgan fingerprint density at radius 2 is 1.61 bits per heavy atom. The van der Waals surface area contributed by atoms with Gasteiger partial charge in [-0.25, -0.2) is 0 Å². The van der Waals surface area contributed by atoms with Crippen LogP contribution in [0.2, 0.25) is 0 Å². The molecule has 1 nitrogen and oxygen atoms in total. The van der Waals surface area contributed by atoms with Gasteiger partial charge in [0.05, 0.1) is 11.7 Å². The van der Waals surface area contributed by atoms with Gasteiger partial charge in [-0.2, -0.15) is 0 Å². The third-order valence-corrected chi connectivity index (χ3v) is 3.78. The Morgan fingerprint density at radius 3 is 2.17 bits per heavy atom. The van der Waals surface area contributed by atoms with Gasteiger partial charge in [-0.1, -0.05) is 36.6 Å². The molecule has 1 fully saturated rings. The first-order valence-electron chi connectivity index (χ1n) is 7.44. The fourth-order valence-corrected chi connectivity index (χ4v) is 2.24. The minimum atomic E-state index is 0.153. The lowest BCUT2D eigenvalue weighted by atomic mass is 10.0. The van der Waals surface area contributed by atoms with Gasteiger partial charge in [0.15, 0.2) is 0 Å². The second kappa shape index (κ2) is 7.13. The molecule has 1 aliphatic heterocycles. The molecule has 0 aromatic carbocycles. The SMILES string of the molecule is CCC/C=C(\C)CC/C=C(\C)CCC1OC1(C)C. The molecular weight excluding hydrogens is 220 g/mol. The van der Waals surface area contributed by atoms with Crippen LogP contribution in [0.3, 0.4) is 0 Å². The van der Waals surface area contributed by atoms with Gasteiger partial charge in [0.25, 0.3) is 0 Å². The number of hydrogen-bond donors (Lipinski definition) is 0. The molecule has 0 aromatic rings. The standard InChI is InChI=1S/C17H30O/c1-6-7-9-14(2)10-8-11-15(3)12-13-16-17(4,5)18-16/h9,11,16H,6-8,10,12-13H2,1-5H3/b14-9+,15-11+. The summed E-state index contributed by atoms with van der Waals surface area (Å²) in [6.07, 6.45) is 12.5. The molecule has 0 bridgehead atoms. The smallest absolute Gasteiger partial charge is 0.0892 e. The normalized spacial score (nSPS) is 23.3. The zero-order valence-corrected chi connectivity index (χ0v) is 12.9. The predicted molar refractivity (Wildman–Crippen MR) is 79.8 cm³/mol. The van der Waals surface area contributed by atoms with Gasteiger partial charge in [0.2, 0.25) is 0 Å². The van der Waals surface area contributed by atoms with E-state index in [0.717, 1.165) is 0 Å². The molecule has 1 aliphatic rings. The summed E-state index contributed by atoms with van der Waals surface area (Å²) in [5.41, 5.74) is 3.21. The molecule has 18 heavy (non-hydrogen) atoms. The van der Waals surface area contributed by atoms with Crippen molar-refractivity contribution in [3.63, 3.8) is 0 Å². The summed E-state index contributed by atoms with van der Waals surface area (Å²) in [6, 6.07) is 0. The van der Waals surface area contributed by atoms with E-state index in [4.69, 9.17) is 4.74 Å². The van der Waals surface area contributed by atoms with E-state index in [1.165, 1.54) is 49.7 Å². The average molecular weight is 250 g/mol. The van der Waals surface area contributed by atoms with Crippen LogP contribution in [-0.2, 0) is 4.74 Å². The summed E-state index contributed by atoms with van der Waals surface area (Å²) in [6.45, 7) is 11.1. The van der Waals surface area contributed by atoms with Crippen molar-refractivity contribution in [2.24, 2.45) is 0 Å². The Morgan fingerprint density at radius 1 is 1.06 bits per heavy atom. The highest BCUT2D eigenvalue weighted by Crippen LogP contribution is 2.38. The lowest BCUT2D eigenvalue weighted by Crippen LogP contribution is -2.02. The summed E-state index contributed by atoms with van der Waals surface area (Å²) in [5, 5.41) is 0. The molecule has 0 aromatic heterocycles. The first-order chi connectivity index (χ1) is 8.45. The molecule has 0 spiro atoms. The zero-order chi connectivity index (χ0) is 13.6. The second-order valence-corrected chi connectivity index (χ2v) is 6.18. The van der Waals surface area contributed by atoms with Crippen molar-refractivity contribution in [1.82, 2.24) is 0 Å². The highest BCUT2D eigenvalue weighted by molar-refractivity contribution is 5.05. The van der Waals surface area contributed by atoms with E-state index >= 15 is 0 Å². The first kappa shape index (κ1) is 15.5. The van der Waals surface area contributed by atoms with Gasteiger partial charge in [-0.15, -0.1) is 0 Å². The predicted octanol–water partition coefficient (Wildman–Crippen LogP) is 5.42. The van der Waals surface area contributed by atoms with Crippen molar-refractivity contribution >= 4 is 0 Å². The summed E-state index contributed by atoms with van der Waals surface area (Å²) in [5.74, 6) is 0. The monoisotopic (exact) mass is 250 g/mol. The van der Waals surface area contributed by atoms with E-state index in [9.17, 15) is 0 Å². The van der Waals surface area contributed by atoms with E-state index in [2.05, 4.69) is 46.8 Å². The molecule has 1 atom stereocenters. The van der Waals surface area contributed by atoms with Gasteiger partial charge >= 0.3 is 0 Å². The van der Waals surface area contributed by atoms with E-state index < -0.39 is 0 Å². The number of hydrogen-bond acceptors (Lipinski definition) is 1. The maximum Gasteiger partial charge on any atom is 0.0892 e. The molecule has 0 aliphatic carbocycles. The summed E-state index contributed by atoms with van der Waals surface area (Å²) in [4.78, 5) is 0. The van der Waals surface area contributed by atoms with E-state index in [1.807, 2.05) is 0 Å². The van der Waals surface area contributed by atoms with Gasteiger partial charge in [0.1, 0.15) is 0 Å². The van der Waals surface area contributed by atoms with E-state index in [-0.39, 0.29) is 5.60 Å². The number of epoxide rings is 1. The highest BCUT2D eigenvalue weighted by Gasteiger charge is 2.46. The van der Waals surface area contributed by atoms with Crippen LogP contribution >= 0.6 is 0 Å². The maximum atomic E-state index is 5.61. The molecule has 0 saturated carbocycles. The molecule has 1 saturated heterocycles. The molecular formula is C17H30O. The maximum absolute atomic E-state index is 5.61. The number of rotatable bonds is 8. The third-order valence-electron chi connectivity index (χ3n) is 3.78.